The van der Waals surface area contributed by atoms with Crippen LogP contribution in [-0.2, 0) is 4.74 Å². The van der Waals surface area contributed by atoms with Crippen LogP contribution in [0, 0.1) is 30.3 Å². The van der Waals surface area contributed by atoms with Gasteiger partial charge in [0, 0.05) is 0 Å². The second-order valence-corrected chi connectivity index (χ2v) is 4.98. The molecule has 0 N–H and O–H groups in total. The first-order valence-corrected chi connectivity index (χ1v) is 6.46. The fourth-order valence-corrected chi connectivity index (χ4v) is 2.48. The summed E-state index contributed by atoms with van der Waals surface area (Å²) in [6.45, 7) is 1.80. The molecule has 1 aromatic carbocycles. The number of non-ortho nitro benzene ring substituents is 1. The zero-order chi connectivity index (χ0) is 16.2. The van der Waals surface area contributed by atoms with Crippen LogP contribution in [0.3, 0.4) is 0 Å². The quantitative estimate of drug-likeness (QED) is 0.344. The van der Waals surface area contributed by atoms with Gasteiger partial charge in [0.05, 0.1) is 33.5 Å². The van der Waals surface area contributed by atoms with E-state index in [9.17, 15) is 30.3 Å². The Bertz CT molecular complexity index is 599. The molecule has 0 aromatic heterocycles. The van der Waals surface area contributed by atoms with E-state index in [1.807, 2.05) is 0 Å². The highest BCUT2D eigenvalue weighted by molar-refractivity contribution is 8.22. The Hall–Kier alpha value is -2.34. The Balaban J connectivity index is 3.50. The van der Waals surface area contributed by atoms with Gasteiger partial charge in [-0.3, -0.25) is 30.3 Å². The minimum absolute atomic E-state index is 0.155. The van der Waals surface area contributed by atoms with Crippen LogP contribution in [0.4, 0.5) is 17.1 Å². The van der Waals surface area contributed by atoms with Crippen molar-refractivity contribution in [3.05, 3.63) is 42.5 Å². The van der Waals surface area contributed by atoms with Crippen LogP contribution in [-0.4, -0.2) is 25.8 Å². The minimum Gasteiger partial charge on any atom is -0.479 e. The van der Waals surface area contributed by atoms with E-state index in [0.717, 1.165) is 0 Å². The van der Waals surface area contributed by atoms with Crippen molar-refractivity contribution in [2.45, 2.75) is 11.8 Å². The van der Waals surface area contributed by atoms with E-state index in [0.29, 0.717) is 23.9 Å². The molecule has 0 aliphatic heterocycles. The van der Waals surface area contributed by atoms with Crippen LogP contribution in [0.15, 0.2) is 17.0 Å². The summed E-state index contributed by atoms with van der Waals surface area (Å²) in [5, 5.41) is 32.6. The number of nitro benzene ring substituents is 3. The fraction of sp³-hybridized carbons (Fsp3) is 0.222. The molecule has 0 unspecified atom stereocenters. The molecule has 0 aliphatic carbocycles. The van der Waals surface area contributed by atoms with Gasteiger partial charge in [-0.1, -0.05) is 0 Å². The van der Waals surface area contributed by atoms with Crippen molar-refractivity contribution in [2.24, 2.45) is 0 Å². The Labute approximate surface area is 126 Å². The first-order valence-electron chi connectivity index (χ1n) is 5.23. The summed E-state index contributed by atoms with van der Waals surface area (Å²) in [6, 6.07) is 1.29. The zero-order valence-electron chi connectivity index (χ0n) is 10.4. The highest BCUT2D eigenvalue weighted by Crippen LogP contribution is 2.41. The van der Waals surface area contributed by atoms with E-state index in [4.69, 9.17) is 17.0 Å². The molecule has 0 saturated carbocycles. The van der Waals surface area contributed by atoms with Gasteiger partial charge < -0.3 is 4.74 Å². The maximum atomic E-state index is 11.0. The van der Waals surface area contributed by atoms with E-state index in [1.165, 1.54) is 0 Å². The molecule has 0 bridgehead atoms. The van der Waals surface area contributed by atoms with Gasteiger partial charge >= 0.3 is 0 Å². The largest absolute Gasteiger partial charge is 0.479 e. The van der Waals surface area contributed by atoms with Gasteiger partial charge in [0.1, 0.15) is 0 Å². The molecular weight excluding hydrogens is 326 g/mol. The number of thiocarbonyl (C=S) groups is 1. The smallest absolute Gasteiger partial charge is 0.297 e. The summed E-state index contributed by atoms with van der Waals surface area (Å²) in [5.41, 5.74) is -2.30. The SMILES string of the molecule is CCOC(=S)Sc1c([N+](=O)[O-])cc([N+](=O)[O-])cc1[N+](=O)[O-]. The predicted molar refractivity (Wildman–Crippen MR) is 76.5 cm³/mol. The molecule has 112 valence electrons. The van der Waals surface area contributed by atoms with Crippen LogP contribution in [0.5, 0.6) is 0 Å². The zero-order valence-corrected chi connectivity index (χ0v) is 12.0. The molecule has 0 radical (unpaired) electrons. The van der Waals surface area contributed by atoms with Gasteiger partial charge in [-0.2, -0.15) is 0 Å². The Morgan fingerprint density at radius 2 is 1.62 bits per heavy atom. The molecule has 0 saturated heterocycles. The number of thioether (sulfide) groups is 1. The third-order valence-corrected chi connectivity index (χ3v) is 3.36. The Morgan fingerprint density at radius 3 is 1.95 bits per heavy atom. The average Bonchev–Trinajstić information content (AvgIpc) is 2.37. The Kier molecular flexibility index (Phi) is 5.49. The molecule has 1 aromatic rings. The van der Waals surface area contributed by atoms with Crippen LogP contribution in [0.25, 0.3) is 0 Å². The normalized spacial score (nSPS) is 9.95. The average molecular weight is 333 g/mol. The van der Waals surface area contributed by atoms with Crippen LogP contribution >= 0.6 is 24.0 Å². The number of benzene rings is 1. The minimum atomic E-state index is -0.949. The van der Waals surface area contributed by atoms with Crippen molar-refractivity contribution in [3.8, 4) is 0 Å². The number of nitro groups is 3. The maximum absolute atomic E-state index is 11.0. The molecular formula is C9H7N3O7S2. The van der Waals surface area contributed by atoms with Gasteiger partial charge in [-0.25, -0.2) is 0 Å². The van der Waals surface area contributed by atoms with E-state index in [-0.39, 0.29) is 11.0 Å². The molecule has 0 atom stereocenters. The monoisotopic (exact) mass is 333 g/mol. The molecule has 0 fully saturated rings. The van der Waals surface area contributed by atoms with Crippen molar-refractivity contribution in [3.63, 3.8) is 0 Å². The molecule has 0 aliphatic rings. The first-order chi connectivity index (χ1) is 9.77. The molecule has 10 nitrogen and oxygen atoms in total. The first kappa shape index (κ1) is 16.7. The number of nitrogens with zero attached hydrogens (tertiary/aromatic N) is 3. The summed E-state index contributed by atoms with van der Waals surface area (Å²) < 4.78 is 4.75. The molecule has 21 heavy (non-hydrogen) atoms. The maximum Gasteiger partial charge on any atom is 0.297 e. The number of hydrogen-bond donors (Lipinski definition) is 0. The molecule has 0 heterocycles. The standard InChI is InChI=1S/C9H7N3O7S2/c1-2-19-9(20)21-8-6(11(15)16)3-5(10(13)14)4-7(8)12(17)18/h3-4H,2H2,1H3. The van der Waals surface area contributed by atoms with Gasteiger partial charge in [0.2, 0.25) is 4.38 Å². The van der Waals surface area contributed by atoms with Crippen molar-refractivity contribution < 1.29 is 19.5 Å². The number of ether oxygens (including phenoxy) is 1. The molecule has 0 spiro atoms. The highest BCUT2D eigenvalue weighted by atomic mass is 32.2. The van der Waals surface area contributed by atoms with Gasteiger partial charge in [-0.15, -0.1) is 0 Å². The summed E-state index contributed by atoms with van der Waals surface area (Å²) in [4.78, 5) is 29.4. The molecule has 1 rings (SSSR count). The fourth-order valence-electron chi connectivity index (χ4n) is 1.30. The molecule has 12 heteroatoms. The Morgan fingerprint density at radius 1 is 1.14 bits per heavy atom. The van der Waals surface area contributed by atoms with Crippen LogP contribution < -0.4 is 0 Å². The van der Waals surface area contributed by atoms with Crippen LogP contribution in [0.2, 0.25) is 0 Å². The third kappa shape index (κ3) is 4.06. The van der Waals surface area contributed by atoms with Crippen molar-refractivity contribution in [1.82, 2.24) is 0 Å². The highest BCUT2D eigenvalue weighted by Gasteiger charge is 2.32. The number of rotatable bonds is 5. The summed E-state index contributed by atoms with van der Waals surface area (Å²) in [5.74, 6) is 0. The summed E-state index contributed by atoms with van der Waals surface area (Å²) >= 11 is 5.28. The van der Waals surface area contributed by atoms with Gasteiger partial charge in [-0.05, 0) is 30.9 Å². The van der Waals surface area contributed by atoms with Crippen molar-refractivity contribution in [2.75, 3.05) is 6.61 Å². The van der Waals surface area contributed by atoms with E-state index >= 15 is 0 Å². The van der Waals surface area contributed by atoms with Gasteiger partial charge in [0.15, 0.2) is 4.90 Å². The summed E-state index contributed by atoms with van der Waals surface area (Å²) in [7, 11) is 0. The van der Waals surface area contributed by atoms with E-state index in [2.05, 4.69) is 0 Å². The topological polar surface area (TPSA) is 139 Å². The second kappa shape index (κ2) is 6.90. The van der Waals surface area contributed by atoms with Crippen molar-refractivity contribution >= 4 is 45.4 Å². The van der Waals surface area contributed by atoms with Crippen LogP contribution in [0.1, 0.15) is 6.92 Å². The molecule has 0 amide bonds. The van der Waals surface area contributed by atoms with Crippen molar-refractivity contribution in [1.29, 1.82) is 0 Å². The second-order valence-electron chi connectivity index (χ2n) is 3.37. The third-order valence-electron chi connectivity index (χ3n) is 2.09. The van der Waals surface area contributed by atoms with E-state index < -0.39 is 36.7 Å². The van der Waals surface area contributed by atoms with Gasteiger partial charge in [0.25, 0.3) is 17.1 Å². The lowest BCUT2D eigenvalue weighted by Crippen LogP contribution is -2.02. The predicted octanol–water partition coefficient (Wildman–Crippen LogP) is 2.82. The lowest BCUT2D eigenvalue weighted by atomic mass is 10.2. The number of hydrogen-bond acceptors (Lipinski definition) is 9. The lowest BCUT2D eigenvalue weighted by Gasteiger charge is -2.05. The van der Waals surface area contributed by atoms with E-state index in [1.54, 1.807) is 6.92 Å². The summed E-state index contributed by atoms with van der Waals surface area (Å²) in [6.07, 6.45) is 0. The lowest BCUT2D eigenvalue weighted by molar-refractivity contribution is -0.407.